The SMILES string of the molecule is O=c1[nH]cnc2[nH]c3c(c12)CCCCC3. The van der Waals surface area contributed by atoms with Crippen LogP contribution in [0.25, 0.3) is 11.0 Å². The average molecular weight is 203 g/mol. The maximum atomic E-state index is 11.7. The molecule has 0 aliphatic heterocycles. The molecule has 2 heterocycles. The molecule has 2 aromatic heterocycles. The summed E-state index contributed by atoms with van der Waals surface area (Å²) in [5, 5.41) is 0.773. The summed E-state index contributed by atoms with van der Waals surface area (Å²) < 4.78 is 0. The topological polar surface area (TPSA) is 61.5 Å². The molecule has 0 spiro atoms. The van der Waals surface area contributed by atoms with E-state index in [1.165, 1.54) is 36.8 Å². The van der Waals surface area contributed by atoms with Crippen LogP contribution in [-0.4, -0.2) is 15.0 Å². The summed E-state index contributed by atoms with van der Waals surface area (Å²) in [6.45, 7) is 0. The van der Waals surface area contributed by atoms with Crippen LogP contribution in [0.5, 0.6) is 0 Å². The summed E-state index contributed by atoms with van der Waals surface area (Å²) in [5.74, 6) is 0. The highest BCUT2D eigenvalue weighted by atomic mass is 16.1. The Hall–Kier alpha value is -1.58. The highest BCUT2D eigenvalue weighted by Crippen LogP contribution is 2.24. The summed E-state index contributed by atoms with van der Waals surface area (Å²) in [4.78, 5) is 21.8. The van der Waals surface area contributed by atoms with Gasteiger partial charge in [-0.25, -0.2) is 4.98 Å². The van der Waals surface area contributed by atoms with Crippen LogP contribution in [0.15, 0.2) is 11.1 Å². The highest BCUT2D eigenvalue weighted by Gasteiger charge is 2.16. The first-order valence-electron chi connectivity index (χ1n) is 5.43. The minimum Gasteiger partial charge on any atom is -0.343 e. The maximum Gasteiger partial charge on any atom is 0.260 e. The maximum absolute atomic E-state index is 11.7. The van der Waals surface area contributed by atoms with Crippen LogP contribution < -0.4 is 5.56 Å². The van der Waals surface area contributed by atoms with Crippen LogP contribution in [0.2, 0.25) is 0 Å². The lowest BCUT2D eigenvalue weighted by Crippen LogP contribution is -2.06. The van der Waals surface area contributed by atoms with Crippen molar-refractivity contribution in [1.82, 2.24) is 15.0 Å². The van der Waals surface area contributed by atoms with Crippen LogP contribution in [0.1, 0.15) is 30.5 Å². The Kier molecular flexibility index (Phi) is 1.87. The van der Waals surface area contributed by atoms with Gasteiger partial charge in [-0.15, -0.1) is 0 Å². The molecule has 0 radical (unpaired) electrons. The molecule has 4 heteroatoms. The summed E-state index contributed by atoms with van der Waals surface area (Å²) in [5.41, 5.74) is 3.13. The van der Waals surface area contributed by atoms with Crippen molar-refractivity contribution in [1.29, 1.82) is 0 Å². The van der Waals surface area contributed by atoms with Crippen LogP contribution in [0, 0.1) is 0 Å². The number of fused-ring (bicyclic) bond motifs is 3. The fraction of sp³-hybridized carbons (Fsp3) is 0.455. The third-order valence-electron chi connectivity index (χ3n) is 3.14. The van der Waals surface area contributed by atoms with Crippen molar-refractivity contribution in [2.75, 3.05) is 0 Å². The Morgan fingerprint density at radius 3 is 3.00 bits per heavy atom. The zero-order chi connectivity index (χ0) is 10.3. The van der Waals surface area contributed by atoms with Crippen LogP contribution in [0.4, 0.5) is 0 Å². The molecule has 0 atom stereocenters. The van der Waals surface area contributed by atoms with Gasteiger partial charge in [-0.1, -0.05) is 6.42 Å². The molecule has 1 aliphatic carbocycles. The molecule has 0 amide bonds. The lowest BCUT2D eigenvalue weighted by Gasteiger charge is -1.95. The molecule has 2 N–H and O–H groups in total. The van der Waals surface area contributed by atoms with Gasteiger partial charge in [0.15, 0.2) is 0 Å². The number of rotatable bonds is 0. The van der Waals surface area contributed by atoms with Crippen LogP contribution >= 0.6 is 0 Å². The quantitative estimate of drug-likeness (QED) is 0.638. The molecule has 4 nitrogen and oxygen atoms in total. The normalized spacial score (nSPS) is 16.3. The van der Waals surface area contributed by atoms with E-state index in [4.69, 9.17) is 0 Å². The standard InChI is InChI=1S/C11H13N3O/c15-11-9-7-4-2-1-3-5-8(7)14-10(9)12-6-13-11/h6H,1-5H2,(H2,12,13,14,15). The Balaban J connectivity index is 2.34. The Bertz CT molecular complexity index is 552. The van der Waals surface area contributed by atoms with Gasteiger partial charge in [-0.05, 0) is 31.2 Å². The van der Waals surface area contributed by atoms with Crippen LogP contribution in [0.3, 0.4) is 0 Å². The van der Waals surface area contributed by atoms with E-state index >= 15 is 0 Å². The fourth-order valence-electron chi connectivity index (χ4n) is 2.41. The van der Waals surface area contributed by atoms with E-state index in [0.717, 1.165) is 23.9 Å². The van der Waals surface area contributed by atoms with Gasteiger partial charge in [-0.3, -0.25) is 4.79 Å². The molecule has 1 aliphatic rings. The number of aromatic amines is 2. The lowest BCUT2D eigenvalue weighted by atomic mass is 10.1. The van der Waals surface area contributed by atoms with Gasteiger partial charge in [0.25, 0.3) is 5.56 Å². The summed E-state index contributed by atoms with van der Waals surface area (Å²) >= 11 is 0. The second kappa shape index (κ2) is 3.22. The van der Waals surface area contributed by atoms with Gasteiger partial charge in [0.05, 0.1) is 11.7 Å². The van der Waals surface area contributed by atoms with E-state index in [-0.39, 0.29) is 5.56 Å². The van der Waals surface area contributed by atoms with E-state index in [1.54, 1.807) is 0 Å². The third kappa shape index (κ3) is 1.28. The molecule has 0 saturated carbocycles. The first kappa shape index (κ1) is 8.71. The predicted molar refractivity (Wildman–Crippen MR) is 58.0 cm³/mol. The summed E-state index contributed by atoms with van der Waals surface area (Å²) in [7, 11) is 0. The number of aromatic nitrogens is 3. The number of hydrogen-bond donors (Lipinski definition) is 2. The fourth-order valence-corrected chi connectivity index (χ4v) is 2.41. The van der Waals surface area contributed by atoms with Crippen LogP contribution in [-0.2, 0) is 12.8 Å². The van der Waals surface area contributed by atoms with E-state index in [0.29, 0.717) is 0 Å². The number of nitrogens with one attached hydrogen (secondary N) is 2. The van der Waals surface area contributed by atoms with Crippen molar-refractivity contribution in [3.63, 3.8) is 0 Å². The predicted octanol–water partition coefficient (Wildman–Crippen LogP) is 1.52. The number of aryl methyl sites for hydroxylation is 2. The molecular formula is C11H13N3O. The minimum absolute atomic E-state index is 0.0144. The zero-order valence-electron chi connectivity index (χ0n) is 8.47. The highest BCUT2D eigenvalue weighted by molar-refractivity contribution is 5.80. The Labute approximate surface area is 86.7 Å². The molecule has 15 heavy (non-hydrogen) atoms. The third-order valence-corrected chi connectivity index (χ3v) is 3.14. The molecule has 0 fully saturated rings. The first-order chi connectivity index (χ1) is 7.36. The number of nitrogens with zero attached hydrogens (tertiary/aromatic N) is 1. The molecule has 0 aromatic carbocycles. The van der Waals surface area contributed by atoms with E-state index < -0.39 is 0 Å². The molecule has 2 aromatic rings. The van der Waals surface area contributed by atoms with E-state index in [1.807, 2.05) is 0 Å². The second-order valence-electron chi connectivity index (χ2n) is 4.10. The average Bonchev–Trinajstić information content (AvgIpc) is 2.43. The Morgan fingerprint density at radius 1 is 1.20 bits per heavy atom. The number of hydrogen-bond acceptors (Lipinski definition) is 2. The van der Waals surface area contributed by atoms with Gasteiger partial charge in [-0.2, -0.15) is 0 Å². The zero-order valence-corrected chi connectivity index (χ0v) is 8.47. The lowest BCUT2D eigenvalue weighted by molar-refractivity contribution is 0.708. The first-order valence-corrected chi connectivity index (χ1v) is 5.43. The van der Waals surface area contributed by atoms with Crippen molar-refractivity contribution >= 4 is 11.0 Å². The van der Waals surface area contributed by atoms with Gasteiger partial charge >= 0.3 is 0 Å². The molecule has 0 bridgehead atoms. The molecule has 78 valence electrons. The molecule has 0 saturated heterocycles. The van der Waals surface area contributed by atoms with Crippen molar-refractivity contribution in [2.45, 2.75) is 32.1 Å². The molecular weight excluding hydrogens is 190 g/mol. The largest absolute Gasteiger partial charge is 0.343 e. The van der Waals surface area contributed by atoms with Gasteiger partial charge in [0, 0.05) is 5.69 Å². The van der Waals surface area contributed by atoms with Crippen molar-refractivity contribution in [3.05, 3.63) is 27.9 Å². The summed E-state index contributed by atoms with van der Waals surface area (Å²) in [6, 6.07) is 0. The van der Waals surface area contributed by atoms with E-state index in [2.05, 4.69) is 15.0 Å². The van der Waals surface area contributed by atoms with Crippen molar-refractivity contribution in [3.8, 4) is 0 Å². The smallest absolute Gasteiger partial charge is 0.260 e. The van der Waals surface area contributed by atoms with Gasteiger partial charge < -0.3 is 9.97 Å². The van der Waals surface area contributed by atoms with Gasteiger partial charge in [0.2, 0.25) is 0 Å². The molecule has 0 unspecified atom stereocenters. The summed E-state index contributed by atoms with van der Waals surface area (Å²) in [6.07, 6.45) is 7.14. The van der Waals surface area contributed by atoms with Crippen molar-refractivity contribution in [2.24, 2.45) is 0 Å². The van der Waals surface area contributed by atoms with Gasteiger partial charge in [0.1, 0.15) is 5.65 Å². The van der Waals surface area contributed by atoms with E-state index in [9.17, 15) is 4.79 Å². The minimum atomic E-state index is -0.0144. The number of H-pyrrole nitrogens is 2. The molecule has 3 rings (SSSR count). The Morgan fingerprint density at radius 2 is 2.07 bits per heavy atom. The second-order valence-corrected chi connectivity index (χ2v) is 4.10. The monoisotopic (exact) mass is 203 g/mol. The van der Waals surface area contributed by atoms with Crippen molar-refractivity contribution < 1.29 is 0 Å².